The number of benzene rings is 2. The van der Waals surface area contributed by atoms with Gasteiger partial charge in [-0.2, -0.15) is 0 Å². The zero-order chi connectivity index (χ0) is 20.9. The van der Waals surface area contributed by atoms with Crippen molar-refractivity contribution in [1.29, 1.82) is 0 Å². The Hall–Kier alpha value is -3.75. The van der Waals surface area contributed by atoms with E-state index in [4.69, 9.17) is 4.74 Å². The van der Waals surface area contributed by atoms with Gasteiger partial charge >= 0.3 is 6.09 Å². The van der Waals surface area contributed by atoms with Crippen LogP contribution in [0.4, 0.5) is 4.79 Å². The second-order valence-electron chi connectivity index (χ2n) is 7.09. The molecule has 0 aliphatic carbocycles. The van der Waals surface area contributed by atoms with Gasteiger partial charge in [0.05, 0.1) is 18.0 Å². The molecule has 154 valence electrons. The monoisotopic (exact) mass is 407 g/mol. The highest BCUT2D eigenvalue weighted by atomic mass is 16.5. The first kappa shape index (κ1) is 19.6. The normalized spacial score (nSPS) is 13.7. The van der Waals surface area contributed by atoms with Crippen molar-refractivity contribution in [2.45, 2.75) is 25.6 Å². The minimum atomic E-state index is -0.506. The number of likely N-dealkylation sites (tertiary alicyclic amines) is 1. The molecule has 9 nitrogen and oxygen atoms in total. The second kappa shape index (κ2) is 8.73. The van der Waals surface area contributed by atoms with Crippen molar-refractivity contribution in [2.75, 3.05) is 13.1 Å². The number of alkyl carbamates (subject to hydrolysis) is 1. The number of carbonyl (C=O) groups is 2. The van der Waals surface area contributed by atoms with Crippen molar-refractivity contribution >= 4 is 22.9 Å². The quantitative estimate of drug-likeness (QED) is 0.661. The van der Waals surface area contributed by atoms with Crippen LogP contribution in [0.15, 0.2) is 59.4 Å². The van der Waals surface area contributed by atoms with Crippen LogP contribution in [0.1, 0.15) is 12.0 Å². The zero-order valence-electron chi connectivity index (χ0n) is 16.2. The summed E-state index contributed by atoms with van der Waals surface area (Å²) in [4.78, 5) is 38.2. The Morgan fingerprint density at radius 2 is 1.80 bits per heavy atom. The van der Waals surface area contributed by atoms with E-state index in [1.54, 1.807) is 29.2 Å². The van der Waals surface area contributed by atoms with Crippen LogP contribution in [-0.2, 0) is 22.7 Å². The van der Waals surface area contributed by atoms with Crippen LogP contribution in [0.5, 0.6) is 0 Å². The Morgan fingerprint density at radius 1 is 1.07 bits per heavy atom. The van der Waals surface area contributed by atoms with Crippen molar-refractivity contribution in [2.24, 2.45) is 0 Å². The molecule has 2 amide bonds. The number of hydrogen-bond donors (Lipinski definition) is 1. The van der Waals surface area contributed by atoms with E-state index in [1.807, 2.05) is 30.3 Å². The fourth-order valence-electron chi connectivity index (χ4n) is 3.23. The van der Waals surface area contributed by atoms with Crippen molar-refractivity contribution < 1.29 is 14.3 Å². The highest BCUT2D eigenvalue weighted by Gasteiger charge is 2.31. The SMILES string of the molecule is O=C(NC1CN(C(=O)CCn2nnc3ccccc3c2=O)C1)OCc1ccccc1. The highest BCUT2D eigenvalue weighted by molar-refractivity contribution is 5.78. The number of fused-ring (bicyclic) bond motifs is 1. The van der Waals surface area contributed by atoms with Gasteiger partial charge in [-0.15, -0.1) is 5.10 Å². The van der Waals surface area contributed by atoms with Crippen molar-refractivity contribution in [3.63, 3.8) is 0 Å². The van der Waals surface area contributed by atoms with Gasteiger partial charge in [0.2, 0.25) is 5.91 Å². The standard InChI is InChI=1S/C21H21N5O4/c27-19(10-11-26-20(28)17-8-4-5-9-18(17)23-24-26)25-12-16(13-25)22-21(29)30-14-15-6-2-1-3-7-15/h1-9,16H,10-14H2,(H,22,29). The molecular weight excluding hydrogens is 386 g/mol. The summed E-state index contributed by atoms with van der Waals surface area (Å²) in [6, 6.07) is 16.2. The third kappa shape index (κ3) is 4.45. The first-order valence-corrected chi connectivity index (χ1v) is 9.67. The molecule has 1 saturated heterocycles. The van der Waals surface area contributed by atoms with Crippen LogP contribution in [0.3, 0.4) is 0 Å². The fraction of sp³-hybridized carbons (Fsp3) is 0.286. The van der Waals surface area contributed by atoms with Gasteiger partial charge in [0.15, 0.2) is 0 Å². The number of carbonyl (C=O) groups excluding carboxylic acids is 2. The molecule has 0 spiro atoms. The van der Waals surface area contributed by atoms with Crippen LogP contribution in [0.25, 0.3) is 10.9 Å². The Labute approximate surface area is 172 Å². The summed E-state index contributed by atoms with van der Waals surface area (Å²) in [6.45, 7) is 1.18. The molecule has 1 aliphatic heterocycles. The van der Waals surface area contributed by atoms with Crippen LogP contribution < -0.4 is 10.9 Å². The molecule has 0 atom stereocenters. The molecule has 1 aromatic heterocycles. The predicted octanol–water partition coefficient (Wildman–Crippen LogP) is 1.32. The molecule has 2 heterocycles. The topological polar surface area (TPSA) is 106 Å². The fourth-order valence-corrected chi connectivity index (χ4v) is 3.23. The molecule has 0 unspecified atom stereocenters. The number of aromatic nitrogens is 3. The second-order valence-corrected chi connectivity index (χ2v) is 7.09. The number of amides is 2. The van der Waals surface area contributed by atoms with Crippen molar-refractivity contribution in [3.8, 4) is 0 Å². The van der Waals surface area contributed by atoms with Gasteiger partial charge in [0, 0.05) is 19.5 Å². The molecule has 0 saturated carbocycles. The number of rotatable bonds is 6. The summed E-state index contributed by atoms with van der Waals surface area (Å²) in [5.41, 5.74) is 1.17. The smallest absolute Gasteiger partial charge is 0.407 e. The zero-order valence-corrected chi connectivity index (χ0v) is 16.2. The lowest BCUT2D eigenvalue weighted by Gasteiger charge is -2.39. The van der Waals surface area contributed by atoms with Gasteiger partial charge in [-0.3, -0.25) is 9.59 Å². The van der Waals surface area contributed by atoms with Crippen molar-refractivity contribution in [3.05, 3.63) is 70.5 Å². The van der Waals surface area contributed by atoms with Gasteiger partial charge in [-0.1, -0.05) is 47.7 Å². The maximum atomic E-state index is 12.4. The Bertz CT molecular complexity index is 1110. The van der Waals surface area contributed by atoms with E-state index >= 15 is 0 Å². The van der Waals surface area contributed by atoms with Crippen LogP contribution in [-0.4, -0.2) is 51.0 Å². The highest BCUT2D eigenvalue weighted by Crippen LogP contribution is 2.11. The number of aryl methyl sites for hydroxylation is 1. The molecule has 1 N–H and O–H groups in total. The summed E-state index contributed by atoms with van der Waals surface area (Å²) < 4.78 is 6.38. The molecule has 4 rings (SSSR count). The van der Waals surface area contributed by atoms with Gasteiger partial charge in [-0.05, 0) is 17.7 Å². The van der Waals surface area contributed by atoms with Gasteiger partial charge < -0.3 is 15.0 Å². The van der Waals surface area contributed by atoms with E-state index in [0.29, 0.717) is 24.0 Å². The number of hydrogen-bond acceptors (Lipinski definition) is 6. The average molecular weight is 407 g/mol. The van der Waals surface area contributed by atoms with E-state index in [2.05, 4.69) is 15.6 Å². The van der Waals surface area contributed by atoms with E-state index in [9.17, 15) is 14.4 Å². The third-order valence-corrected chi connectivity index (χ3v) is 4.94. The summed E-state index contributed by atoms with van der Waals surface area (Å²) in [5, 5.41) is 11.1. The maximum absolute atomic E-state index is 12.4. The van der Waals surface area contributed by atoms with Crippen LogP contribution >= 0.6 is 0 Å². The number of nitrogens with one attached hydrogen (secondary N) is 1. The number of ether oxygens (including phenoxy) is 1. The lowest BCUT2D eigenvalue weighted by molar-refractivity contribution is -0.136. The minimum absolute atomic E-state index is 0.104. The molecule has 0 bridgehead atoms. The van der Waals surface area contributed by atoms with E-state index < -0.39 is 6.09 Å². The Kier molecular flexibility index (Phi) is 5.69. The van der Waals surface area contributed by atoms with Gasteiger partial charge in [0.25, 0.3) is 5.56 Å². The predicted molar refractivity (Wildman–Crippen MR) is 109 cm³/mol. The first-order chi connectivity index (χ1) is 14.6. The average Bonchev–Trinajstić information content (AvgIpc) is 2.75. The molecule has 1 aliphatic rings. The van der Waals surface area contributed by atoms with E-state index in [1.165, 1.54) is 4.68 Å². The van der Waals surface area contributed by atoms with Gasteiger partial charge in [-0.25, -0.2) is 9.48 Å². The van der Waals surface area contributed by atoms with E-state index in [-0.39, 0.29) is 37.1 Å². The number of nitrogens with zero attached hydrogens (tertiary/aromatic N) is 4. The molecule has 2 aromatic carbocycles. The van der Waals surface area contributed by atoms with Crippen LogP contribution in [0, 0.1) is 0 Å². The van der Waals surface area contributed by atoms with Crippen molar-refractivity contribution in [1.82, 2.24) is 25.2 Å². The lowest BCUT2D eigenvalue weighted by Crippen LogP contribution is -2.61. The summed E-state index contributed by atoms with van der Waals surface area (Å²) >= 11 is 0. The molecule has 30 heavy (non-hydrogen) atoms. The Morgan fingerprint density at radius 3 is 2.60 bits per heavy atom. The largest absolute Gasteiger partial charge is 0.445 e. The molecule has 9 heteroatoms. The lowest BCUT2D eigenvalue weighted by atomic mass is 10.1. The maximum Gasteiger partial charge on any atom is 0.407 e. The summed E-state index contributed by atoms with van der Waals surface area (Å²) in [6.07, 6.45) is -0.369. The molecule has 1 fully saturated rings. The van der Waals surface area contributed by atoms with E-state index in [0.717, 1.165) is 5.56 Å². The molecule has 3 aromatic rings. The van der Waals surface area contributed by atoms with Crippen LogP contribution in [0.2, 0.25) is 0 Å². The molecular formula is C21H21N5O4. The third-order valence-electron chi connectivity index (χ3n) is 4.94. The molecule has 0 radical (unpaired) electrons. The summed E-state index contributed by atoms with van der Waals surface area (Å²) in [5.74, 6) is -0.104. The Balaban J connectivity index is 1.21. The summed E-state index contributed by atoms with van der Waals surface area (Å²) in [7, 11) is 0. The minimum Gasteiger partial charge on any atom is -0.445 e. The first-order valence-electron chi connectivity index (χ1n) is 9.67. The van der Waals surface area contributed by atoms with Gasteiger partial charge in [0.1, 0.15) is 12.1 Å².